The summed E-state index contributed by atoms with van der Waals surface area (Å²) >= 11 is 0. The van der Waals surface area contributed by atoms with Crippen LogP contribution in [0, 0.1) is 12.8 Å². The Balaban J connectivity index is 1.36. The van der Waals surface area contributed by atoms with Crippen molar-refractivity contribution in [2.75, 3.05) is 61.0 Å². The topological polar surface area (TPSA) is 65.1 Å². The maximum absolute atomic E-state index is 13.0. The molecule has 2 aliphatic heterocycles. The normalized spacial score (nSPS) is 19.1. The summed E-state index contributed by atoms with van der Waals surface area (Å²) in [4.78, 5) is 32.1. The van der Waals surface area contributed by atoms with Crippen LogP contribution < -0.4 is 19.9 Å². The largest absolute Gasteiger partial charge is 0.494 e. The van der Waals surface area contributed by atoms with Gasteiger partial charge in [0.2, 0.25) is 11.8 Å². The molecule has 2 aliphatic rings. The van der Waals surface area contributed by atoms with Gasteiger partial charge in [-0.15, -0.1) is 0 Å². The Morgan fingerprint density at radius 3 is 2.36 bits per heavy atom. The monoisotopic (exact) mass is 450 g/mol. The van der Waals surface area contributed by atoms with E-state index >= 15 is 0 Å². The Hall–Kier alpha value is -3.06. The quantitative estimate of drug-likeness (QED) is 0.699. The molecule has 0 aromatic heterocycles. The Bertz CT molecular complexity index is 984. The van der Waals surface area contributed by atoms with Crippen LogP contribution in [-0.2, 0) is 9.59 Å². The van der Waals surface area contributed by atoms with Gasteiger partial charge in [-0.25, -0.2) is 0 Å². The van der Waals surface area contributed by atoms with Gasteiger partial charge in [0.05, 0.1) is 12.5 Å². The predicted octanol–water partition coefficient (Wildman–Crippen LogP) is 3.53. The van der Waals surface area contributed by atoms with E-state index in [0.717, 1.165) is 55.4 Å². The molecular formula is C26H34N4O3. The van der Waals surface area contributed by atoms with E-state index < -0.39 is 0 Å². The molecule has 2 amide bonds. The number of hydrogen-bond acceptors (Lipinski definition) is 5. The molecule has 2 heterocycles. The number of hydrogen-bond donors (Lipinski definition) is 1. The third kappa shape index (κ3) is 5.30. The smallest absolute Gasteiger partial charge is 0.229 e. The van der Waals surface area contributed by atoms with Gasteiger partial charge >= 0.3 is 0 Å². The van der Waals surface area contributed by atoms with Gasteiger partial charge in [0.15, 0.2) is 0 Å². The van der Waals surface area contributed by atoms with Gasteiger partial charge in [0.25, 0.3) is 0 Å². The summed E-state index contributed by atoms with van der Waals surface area (Å²) in [6.07, 6.45) is 0.220. The third-order valence-corrected chi connectivity index (χ3v) is 6.61. The van der Waals surface area contributed by atoms with Gasteiger partial charge in [-0.05, 0) is 68.4 Å². The summed E-state index contributed by atoms with van der Waals surface area (Å²) in [5, 5.41) is 3.05. The molecule has 7 nitrogen and oxygen atoms in total. The number of ether oxygens (including phenoxy) is 1. The van der Waals surface area contributed by atoms with Crippen LogP contribution in [0.15, 0.2) is 42.5 Å². The number of nitrogens with one attached hydrogen (secondary N) is 1. The average Bonchev–Trinajstić information content (AvgIpc) is 3.23. The van der Waals surface area contributed by atoms with Crippen LogP contribution in [0.2, 0.25) is 0 Å². The summed E-state index contributed by atoms with van der Waals surface area (Å²) in [5.41, 5.74) is 3.83. The van der Waals surface area contributed by atoms with E-state index in [0.29, 0.717) is 13.2 Å². The van der Waals surface area contributed by atoms with Crippen molar-refractivity contribution in [3.05, 3.63) is 48.0 Å². The number of rotatable bonds is 7. The first-order chi connectivity index (χ1) is 16.0. The van der Waals surface area contributed by atoms with Gasteiger partial charge < -0.3 is 24.8 Å². The van der Waals surface area contributed by atoms with E-state index in [4.69, 9.17) is 4.74 Å². The number of benzene rings is 2. The van der Waals surface area contributed by atoms with Gasteiger partial charge in [0, 0.05) is 56.2 Å². The van der Waals surface area contributed by atoms with E-state index in [2.05, 4.69) is 34.2 Å². The number of carbonyl (C=O) groups is 2. The second kappa shape index (κ2) is 10.3. The van der Waals surface area contributed by atoms with Gasteiger partial charge in [0.1, 0.15) is 5.75 Å². The zero-order valence-corrected chi connectivity index (χ0v) is 19.8. The fourth-order valence-electron chi connectivity index (χ4n) is 4.56. The van der Waals surface area contributed by atoms with Crippen molar-refractivity contribution in [1.82, 2.24) is 4.90 Å². The number of anilines is 3. The molecule has 0 bridgehead atoms. The number of nitrogens with zero attached hydrogens (tertiary/aromatic N) is 3. The molecule has 176 valence electrons. The highest BCUT2D eigenvalue weighted by atomic mass is 16.5. The summed E-state index contributed by atoms with van der Waals surface area (Å²) < 4.78 is 5.47. The van der Waals surface area contributed by atoms with Crippen LogP contribution in [0.3, 0.4) is 0 Å². The van der Waals surface area contributed by atoms with Crippen LogP contribution >= 0.6 is 0 Å². The zero-order valence-electron chi connectivity index (χ0n) is 19.8. The summed E-state index contributed by atoms with van der Waals surface area (Å²) in [5.74, 6) is 0.264. The molecule has 7 heteroatoms. The minimum absolute atomic E-state index is 0.0300. The lowest BCUT2D eigenvalue weighted by Gasteiger charge is -2.35. The predicted molar refractivity (Wildman–Crippen MR) is 132 cm³/mol. The van der Waals surface area contributed by atoms with Crippen LogP contribution in [0.1, 0.15) is 25.8 Å². The van der Waals surface area contributed by atoms with E-state index in [9.17, 15) is 9.59 Å². The minimum Gasteiger partial charge on any atom is -0.494 e. The first-order valence-corrected chi connectivity index (χ1v) is 11.9. The van der Waals surface area contributed by atoms with Crippen molar-refractivity contribution >= 4 is 28.9 Å². The Kier molecular flexibility index (Phi) is 7.18. The highest BCUT2D eigenvalue weighted by Crippen LogP contribution is 2.29. The Morgan fingerprint density at radius 2 is 1.73 bits per heavy atom. The van der Waals surface area contributed by atoms with Crippen LogP contribution in [0.5, 0.6) is 5.75 Å². The van der Waals surface area contributed by atoms with Crippen molar-refractivity contribution in [2.45, 2.75) is 27.2 Å². The lowest BCUT2D eigenvalue weighted by molar-refractivity contribution is -0.122. The molecule has 1 atom stereocenters. The number of aryl methyl sites for hydroxylation is 1. The average molecular weight is 451 g/mol. The standard InChI is InChI=1S/C26H34N4O3/c1-4-28-12-14-29(15-13-28)22-8-11-24(19(3)16-22)27-26(32)20-17-25(31)30(18-20)21-6-9-23(10-7-21)33-5-2/h6-11,16,20H,4-5,12-15,17-18H2,1-3H3,(H,27,32)/t20-/m1/s1. The van der Waals surface area contributed by atoms with Crippen molar-refractivity contribution < 1.29 is 14.3 Å². The van der Waals surface area contributed by atoms with E-state index in [1.807, 2.05) is 44.2 Å². The molecule has 4 rings (SSSR count). The van der Waals surface area contributed by atoms with E-state index in [-0.39, 0.29) is 24.2 Å². The molecule has 2 saturated heterocycles. The Labute approximate surface area is 196 Å². The second-order valence-corrected chi connectivity index (χ2v) is 8.74. The fourth-order valence-corrected chi connectivity index (χ4v) is 4.56. The van der Waals surface area contributed by atoms with Crippen molar-refractivity contribution in [3.8, 4) is 5.75 Å². The molecule has 2 fully saturated rings. The molecule has 0 unspecified atom stereocenters. The molecule has 0 saturated carbocycles. The first-order valence-electron chi connectivity index (χ1n) is 11.9. The van der Waals surface area contributed by atoms with Crippen LogP contribution in [-0.4, -0.2) is 62.6 Å². The molecule has 2 aromatic rings. The minimum atomic E-state index is -0.370. The lowest BCUT2D eigenvalue weighted by atomic mass is 10.1. The van der Waals surface area contributed by atoms with Crippen molar-refractivity contribution in [2.24, 2.45) is 5.92 Å². The zero-order chi connectivity index (χ0) is 23.4. The highest BCUT2D eigenvalue weighted by molar-refractivity contribution is 6.03. The third-order valence-electron chi connectivity index (χ3n) is 6.61. The molecular weight excluding hydrogens is 416 g/mol. The number of likely N-dealkylation sites (N-methyl/N-ethyl adjacent to an activating group) is 1. The Morgan fingerprint density at radius 1 is 1.03 bits per heavy atom. The molecule has 0 spiro atoms. The molecule has 2 aromatic carbocycles. The highest BCUT2D eigenvalue weighted by Gasteiger charge is 2.35. The van der Waals surface area contributed by atoms with Crippen LogP contribution in [0.25, 0.3) is 0 Å². The maximum atomic E-state index is 13.0. The number of carbonyl (C=O) groups excluding carboxylic acids is 2. The second-order valence-electron chi connectivity index (χ2n) is 8.74. The first kappa shape index (κ1) is 23.1. The fraction of sp³-hybridized carbons (Fsp3) is 0.462. The number of amides is 2. The summed E-state index contributed by atoms with van der Waals surface area (Å²) in [6.45, 7) is 12.4. The van der Waals surface area contributed by atoms with Gasteiger partial charge in [-0.2, -0.15) is 0 Å². The number of piperazine rings is 1. The van der Waals surface area contributed by atoms with Gasteiger partial charge in [-0.3, -0.25) is 9.59 Å². The van der Waals surface area contributed by atoms with Crippen molar-refractivity contribution in [1.29, 1.82) is 0 Å². The van der Waals surface area contributed by atoms with Gasteiger partial charge in [-0.1, -0.05) is 6.92 Å². The molecule has 33 heavy (non-hydrogen) atoms. The van der Waals surface area contributed by atoms with Crippen LogP contribution in [0.4, 0.5) is 17.1 Å². The molecule has 1 N–H and O–H groups in total. The van der Waals surface area contributed by atoms with E-state index in [1.54, 1.807) is 4.90 Å². The van der Waals surface area contributed by atoms with Crippen molar-refractivity contribution in [3.63, 3.8) is 0 Å². The maximum Gasteiger partial charge on any atom is 0.229 e. The lowest BCUT2D eigenvalue weighted by Crippen LogP contribution is -2.46. The van der Waals surface area contributed by atoms with E-state index in [1.165, 1.54) is 5.69 Å². The summed E-state index contributed by atoms with van der Waals surface area (Å²) in [7, 11) is 0. The molecule has 0 aliphatic carbocycles. The molecule has 0 radical (unpaired) electrons. The SMILES string of the molecule is CCOc1ccc(N2C[C@H](C(=O)Nc3ccc(N4CCN(CC)CC4)cc3C)CC2=O)cc1. The summed E-state index contributed by atoms with van der Waals surface area (Å²) in [6, 6.07) is 13.6.